The van der Waals surface area contributed by atoms with Crippen molar-refractivity contribution in [1.29, 1.82) is 0 Å². The monoisotopic (exact) mass is 444 g/mol. The number of hydrogen-bond donors (Lipinski definition) is 3. The van der Waals surface area contributed by atoms with Crippen LogP contribution in [0.25, 0.3) is 10.9 Å². The molecule has 1 aromatic heterocycles. The summed E-state index contributed by atoms with van der Waals surface area (Å²) in [5.41, 5.74) is -2.37. The Labute approximate surface area is 174 Å². The summed E-state index contributed by atoms with van der Waals surface area (Å²) < 4.78 is 48.0. The number of rotatable bonds is 6. The maximum Gasteiger partial charge on any atom is 0.387 e. The van der Waals surface area contributed by atoms with Gasteiger partial charge in [0.1, 0.15) is 11.2 Å². The maximum atomic E-state index is 15.2. The second-order valence-corrected chi connectivity index (χ2v) is 7.94. The first kappa shape index (κ1) is 21.5. The van der Waals surface area contributed by atoms with Crippen molar-refractivity contribution in [1.82, 2.24) is 9.24 Å². The largest absolute Gasteiger partial charge is 0.430 e. The first-order valence-corrected chi connectivity index (χ1v) is 10.0. The zero-order valence-electron chi connectivity index (χ0n) is 16.5. The minimum Gasteiger partial charge on any atom is -0.430 e. The van der Waals surface area contributed by atoms with Gasteiger partial charge in [-0.2, -0.15) is 13.5 Å². The molecule has 2 aromatic rings. The number of fused-ring (bicyclic) bond motifs is 1. The average Bonchev–Trinajstić information content (AvgIpc) is 3.57. The maximum absolute atomic E-state index is 15.2. The van der Waals surface area contributed by atoms with E-state index in [4.69, 9.17) is 15.7 Å². The van der Waals surface area contributed by atoms with E-state index in [1.165, 1.54) is 4.90 Å². The first-order valence-electron chi connectivity index (χ1n) is 10.0. The van der Waals surface area contributed by atoms with Crippen LogP contribution in [0.1, 0.15) is 31.7 Å². The molecule has 0 unspecified atom stereocenters. The summed E-state index contributed by atoms with van der Waals surface area (Å²) in [5, 5.41) is 18.7. The fourth-order valence-electron chi connectivity index (χ4n) is 4.26. The van der Waals surface area contributed by atoms with Crippen molar-refractivity contribution >= 4 is 16.6 Å². The van der Waals surface area contributed by atoms with Gasteiger partial charge in [0.2, 0.25) is 0 Å². The first-order chi connectivity index (χ1) is 14.7. The van der Waals surface area contributed by atoms with E-state index in [0.29, 0.717) is 30.4 Å². The van der Waals surface area contributed by atoms with Crippen LogP contribution in [-0.4, -0.2) is 51.9 Å². The number of nitrogens with two attached hydrogens (primary N) is 1. The lowest BCUT2D eigenvalue weighted by Crippen LogP contribution is -2.45. The number of nitrogens with zero attached hydrogens (tertiary/aromatic N) is 3. The molecule has 0 radical (unpaired) electrons. The summed E-state index contributed by atoms with van der Waals surface area (Å²) in [4.78, 5) is 26.7. The molecule has 1 aliphatic carbocycles. The quantitative estimate of drug-likeness (QED) is 0.555. The Kier molecular flexibility index (Phi) is 5.60. The van der Waals surface area contributed by atoms with Crippen LogP contribution < -0.4 is 26.7 Å². The van der Waals surface area contributed by atoms with Crippen molar-refractivity contribution < 1.29 is 28.1 Å². The molecular formula is C19H23F3N4O5. The lowest BCUT2D eigenvalue weighted by Gasteiger charge is -2.36. The van der Waals surface area contributed by atoms with Crippen molar-refractivity contribution in [3.8, 4) is 5.75 Å². The van der Waals surface area contributed by atoms with Gasteiger partial charge in [-0.05, 0) is 37.7 Å². The summed E-state index contributed by atoms with van der Waals surface area (Å²) in [7, 11) is 0. The van der Waals surface area contributed by atoms with Crippen LogP contribution in [0.15, 0.2) is 15.7 Å². The SMILES string of the molecule is Nn1c(=O)c2cc(F)c(N3CCC([C@@H](O)CO)CC3)c(OC(F)F)c2n(C2CC2)c1=O. The number of alkyl halides is 2. The van der Waals surface area contributed by atoms with E-state index in [1.54, 1.807) is 0 Å². The number of ether oxygens (including phenoxy) is 1. The van der Waals surface area contributed by atoms with Crippen molar-refractivity contribution in [2.75, 3.05) is 30.4 Å². The molecule has 170 valence electrons. The van der Waals surface area contributed by atoms with Crippen molar-refractivity contribution in [3.05, 3.63) is 32.7 Å². The Morgan fingerprint density at radius 3 is 2.39 bits per heavy atom. The molecule has 9 nitrogen and oxygen atoms in total. The van der Waals surface area contributed by atoms with Gasteiger partial charge < -0.3 is 25.7 Å². The van der Waals surface area contributed by atoms with E-state index < -0.39 is 42.1 Å². The van der Waals surface area contributed by atoms with Crippen LogP contribution in [0.5, 0.6) is 5.75 Å². The summed E-state index contributed by atoms with van der Waals surface area (Å²) in [6.45, 7) is -3.33. The number of nitrogen functional groups attached to an aromatic ring is 1. The zero-order chi connectivity index (χ0) is 22.4. The van der Waals surface area contributed by atoms with Gasteiger partial charge in [0, 0.05) is 19.1 Å². The van der Waals surface area contributed by atoms with Gasteiger partial charge in [-0.15, -0.1) is 0 Å². The summed E-state index contributed by atoms with van der Waals surface area (Å²) in [6.07, 6.45) is 1.00. The third-order valence-corrected chi connectivity index (χ3v) is 5.99. The lowest BCUT2D eigenvalue weighted by molar-refractivity contribution is -0.0489. The molecule has 1 aliphatic heterocycles. The highest BCUT2D eigenvalue weighted by Crippen LogP contribution is 2.44. The second-order valence-electron chi connectivity index (χ2n) is 7.94. The minimum absolute atomic E-state index is 0.200. The standard InChI is InChI=1S/C19H23F3N4O5/c20-12-7-11-14(25(10-1-2-10)19(30)26(23)17(11)29)16(31-18(21)22)15(12)24-5-3-9(4-6-24)13(28)8-27/h7,9-10,13,18,27-28H,1-6,8,23H2/t13-/m0/s1. The van der Waals surface area contributed by atoms with Crippen molar-refractivity contribution in [2.45, 2.75) is 44.4 Å². The molecule has 4 N–H and O–H groups in total. The molecule has 1 atom stereocenters. The second kappa shape index (κ2) is 8.08. The average molecular weight is 444 g/mol. The Balaban J connectivity index is 1.91. The lowest BCUT2D eigenvalue weighted by atomic mass is 9.91. The molecule has 2 heterocycles. The number of halogens is 3. The van der Waals surface area contributed by atoms with Crippen LogP contribution >= 0.6 is 0 Å². The number of piperidine rings is 1. The predicted molar refractivity (Wildman–Crippen MR) is 106 cm³/mol. The zero-order valence-corrected chi connectivity index (χ0v) is 16.5. The molecule has 4 rings (SSSR count). The van der Waals surface area contributed by atoms with Gasteiger partial charge >= 0.3 is 12.3 Å². The van der Waals surface area contributed by atoms with Gasteiger partial charge in [-0.1, -0.05) is 0 Å². The van der Waals surface area contributed by atoms with Crippen LogP contribution in [0.3, 0.4) is 0 Å². The molecule has 0 amide bonds. The van der Waals surface area contributed by atoms with Crippen molar-refractivity contribution in [3.63, 3.8) is 0 Å². The topological polar surface area (TPSA) is 123 Å². The number of aliphatic hydroxyl groups is 2. The predicted octanol–water partition coefficient (Wildman–Crippen LogP) is 0.522. The van der Waals surface area contributed by atoms with E-state index in [-0.39, 0.29) is 41.6 Å². The highest BCUT2D eigenvalue weighted by Gasteiger charge is 2.34. The molecule has 2 fully saturated rings. The number of anilines is 1. The summed E-state index contributed by atoms with van der Waals surface area (Å²) >= 11 is 0. The third-order valence-electron chi connectivity index (χ3n) is 5.99. The Hall–Kier alpha value is -2.73. The van der Waals surface area contributed by atoms with Gasteiger partial charge in [-0.25, -0.2) is 9.18 Å². The fraction of sp³-hybridized carbons (Fsp3) is 0.579. The molecular weight excluding hydrogens is 421 g/mol. The van der Waals surface area contributed by atoms with Crippen LogP contribution in [-0.2, 0) is 0 Å². The Morgan fingerprint density at radius 1 is 1.19 bits per heavy atom. The van der Waals surface area contributed by atoms with E-state index in [2.05, 4.69) is 0 Å². The van der Waals surface area contributed by atoms with Gasteiger partial charge in [0.15, 0.2) is 11.6 Å². The molecule has 1 saturated heterocycles. The summed E-state index contributed by atoms with van der Waals surface area (Å²) in [6, 6.07) is 0.538. The molecule has 0 bridgehead atoms. The Morgan fingerprint density at radius 2 is 1.84 bits per heavy atom. The molecule has 0 spiro atoms. The number of benzene rings is 1. The third kappa shape index (κ3) is 3.74. The van der Waals surface area contributed by atoms with Crippen LogP contribution in [0.2, 0.25) is 0 Å². The van der Waals surface area contributed by atoms with Crippen LogP contribution in [0, 0.1) is 11.7 Å². The van der Waals surface area contributed by atoms with Crippen molar-refractivity contribution in [2.24, 2.45) is 5.92 Å². The van der Waals surface area contributed by atoms with E-state index >= 15 is 4.39 Å². The van der Waals surface area contributed by atoms with Crippen LogP contribution in [0.4, 0.5) is 18.9 Å². The Bertz CT molecular complexity index is 1110. The van der Waals surface area contributed by atoms with E-state index in [0.717, 1.165) is 10.6 Å². The highest BCUT2D eigenvalue weighted by molar-refractivity contribution is 5.91. The summed E-state index contributed by atoms with van der Waals surface area (Å²) in [5.74, 6) is 3.80. The van der Waals surface area contributed by atoms with Gasteiger partial charge in [0.05, 0.1) is 18.1 Å². The molecule has 12 heteroatoms. The molecule has 31 heavy (non-hydrogen) atoms. The highest BCUT2D eigenvalue weighted by atomic mass is 19.3. The van der Waals surface area contributed by atoms with Gasteiger partial charge in [-0.3, -0.25) is 9.36 Å². The number of aromatic nitrogens is 2. The minimum atomic E-state index is -3.32. The molecule has 2 aliphatic rings. The van der Waals surface area contributed by atoms with E-state index in [1.807, 2.05) is 0 Å². The normalized spacial score (nSPS) is 18.7. The van der Waals surface area contributed by atoms with Gasteiger partial charge in [0.25, 0.3) is 5.56 Å². The smallest absolute Gasteiger partial charge is 0.387 e. The fourth-order valence-corrected chi connectivity index (χ4v) is 4.26. The van der Waals surface area contributed by atoms with E-state index in [9.17, 15) is 23.5 Å². The number of hydrogen-bond acceptors (Lipinski definition) is 7. The molecule has 1 saturated carbocycles. The molecule has 1 aromatic carbocycles. The number of aliphatic hydroxyl groups excluding tert-OH is 2.